The van der Waals surface area contributed by atoms with Crippen molar-refractivity contribution in [1.29, 1.82) is 0 Å². The Bertz CT molecular complexity index is 468. The summed E-state index contributed by atoms with van der Waals surface area (Å²) in [5.41, 5.74) is 0.487. The van der Waals surface area contributed by atoms with Gasteiger partial charge in [-0.1, -0.05) is 23.2 Å². The highest BCUT2D eigenvalue weighted by Gasteiger charge is 2.26. The molecule has 1 aromatic rings. The van der Waals surface area contributed by atoms with E-state index in [0.29, 0.717) is 22.3 Å². The minimum atomic E-state index is -0.247. The minimum Gasteiger partial charge on any atom is -0.394 e. The van der Waals surface area contributed by atoms with E-state index >= 15 is 0 Å². The van der Waals surface area contributed by atoms with E-state index in [1.165, 1.54) is 0 Å². The molecule has 0 spiro atoms. The first-order valence-corrected chi connectivity index (χ1v) is 7.01. The van der Waals surface area contributed by atoms with Crippen LogP contribution in [0.1, 0.15) is 19.3 Å². The summed E-state index contributed by atoms with van der Waals surface area (Å²) in [5, 5.41) is 13.0. The number of aliphatic hydroxyl groups excluding tert-OH is 1. The molecule has 19 heavy (non-hydrogen) atoms. The van der Waals surface area contributed by atoms with Crippen LogP contribution >= 0.6 is 23.2 Å². The van der Waals surface area contributed by atoms with Crippen LogP contribution in [0.15, 0.2) is 18.2 Å². The number of rotatable bonds is 2. The van der Waals surface area contributed by atoms with Gasteiger partial charge >= 0.3 is 6.03 Å². The molecule has 1 atom stereocenters. The number of halogens is 2. The van der Waals surface area contributed by atoms with Gasteiger partial charge in [0.1, 0.15) is 0 Å². The molecule has 2 amide bonds. The number of piperidine rings is 1. The second-order valence-electron chi connectivity index (χ2n) is 4.58. The molecule has 104 valence electrons. The Balaban J connectivity index is 2.09. The Kier molecular flexibility index (Phi) is 4.91. The quantitative estimate of drug-likeness (QED) is 0.880. The van der Waals surface area contributed by atoms with Crippen LogP contribution in [-0.4, -0.2) is 35.2 Å². The van der Waals surface area contributed by atoms with Crippen molar-refractivity contribution in [2.45, 2.75) is 25.3 Å². The number of benzene rings is 1. The number of nitrogens with zero attached hydrogens (tertiary/aromatic N) is 1. The Morgan fingerprint density at radius 1 is 1.42 bits per heavy atom. The maximum Gasteiger partial charge on any atom is 0.322 e. The van der Waals surface area contributed by atoms with Crippen LogP contribution in [0.25, 0.3) is 0 Å². The highest BCUT2D eigenvalue weighted by atomic mass is 35.5. The lowest BCUT2D eigenvalue weighted by atomic mass is 10.0. The molecule has 0 bridgehead atoms. The summed E-state index contributed by atoms with van der Waals surface area (Å²) in [6, 6.07) is 4.55. The van der Waals surface area contributed by atoms with Gasteiger partial charge < -0.3 is 15.3 Å². The smallest absolute Gasteiger partial charge is 0.322 e. The van der Waals surface area contributed by atoms with Crippen molar-refractivity contribution in [3.8, 4) is 0 Å². The highest BCUT2D eigenvalue weighted by Crippen LogP contribution is 2.26. The third-order valence-corrected chi connectivity index (χ3v) is 3.83. The first-order chi connectivity index (χ1) is 9.11. The molecule has 0 aromatic heterocycles. The van der Waals surface area contributed by atoms with Crippen LogP contribution in [0.5, 0.6) is 0 Å². The van der Waals surface area contributed by atoms with E-state index in [2.05, 4.69) is 5.32 Å². The fraction of sp³-hybridized carbons (Fsp3) is 0.462. The number of carbonyl (C=O) groups is 1. The Labute approximate surface area is 122 Å². The summed E-state index contributed by atoms with van der Waals surface area (Å²) >= 11 is 11.9. The van der Waals surface area contributed by atoms with Crippen LogP contribution in [0, 0.1) is 0 Å². The van der Waals surface area contributed by atoms with Crippen LogP contribution in [0.3, 0.4) is 0 Å². The Morgan fingerprint density at radius 2 is 2.21 bits per heavy atom. The van der Waals surface area contributed by atoms with Gasteiger partial charge in [0.25, 0.3) is 0 Å². The lowest BCUT2D eigenvalue weighted by Crippen LogP contribution is -2.47. The monoisotopic (exact) mass is 302 g/mol. The van der Waals surface area contributed by atoms with Crippen LogP contribution in [0.2, 0.25) is 10.0 Å². The second kappa shape index (κ2) is 6.46. The fourth-order valence-corrected chi connectivity index (χ4v) is 2.57. The number of anilines is 1. The molecule has 4 nitrogen and oxygen atoms in total. The third-order valence-electron chi connectivity index (χ3n) is 3.27. The number of likely N-dealkylation sites (tertiary alicyclic amines) is 1. The predicted octanol–water partition coefficient (Wildman–Crippen LogP) is 3.37. The number of amides is 2. The van der Waals surface area contributed by atoms with Gasteiger partial charge in [-0.3, -0.25) is 0 Å². The summed E-state index contributed by atoms with van der Waals surface area (Å²) in [6.07, 6.45) is 2.81. The maximum atomic E-state index is 12.2. The first kappa shape index (κ1) is 14.4. The summed E-state index contributed by atoms with van der Waals surface area (Å²) < 4.78 is 0. The van der Waals surface area contributed by atoms with Crippen molar-refractivity contribution in [3.05, 3.63) is 28.2 Å². The van der Waals surface area contributed by atoms with Crippen molar-refractivity contribution >= 4 is 34.9 Å². The van der Waals surface area contributed by atoms with E-state index in [1.807, 2.05) is 0 Å². The van der Waals surface area contributed by atoms with E-state index in [-0.39, 0.29) is 18.7 Å². The zero-order valence-electron chi connectivity index (χ0n) is 10.4. The van der Waals surface area contributed by atoms with Gasteiger partial charge in [-0.2, -0.15) is 0 Å². The van der Waals surface area contributed by atoms with E-state index < -0.39 is 0 Å². The zero-order valence-corrected chi connectivity index (χ0v) is 11.9. The molecule has 0 radical (unpaired) electrons. The standard InChI is InChI=1S/C13H16Cl2N2O2/c14-9-4-5-11(15)12(7-9)16-13(19)17-6-2-1-3-10(17)8-18/h4-5,7,10,18H,1-3,6,8H2,(H,16,19). The molecule has 0 aliphatic carbocycles. The molecule has 1 heterocycles. The number of hydrogen-bond donors (Lipinski definition) is 2. The van der Waals surface area contributed by atoms with Crippen LogP contribution in [-0.2, 0) is 0 Å². The molecule has 1 aliphatic rings. The van der Waals surface area contributed by atoms with E-state index in [0.717, 1.165) is 19.3 Å². The molecule has 2 rings (SSSR count). The van der Waals surface area contributed by atoms with Gasteiger partial charge in [-0.05, 0) is 37.5 Å². The number of carbonyl (C=O) groups excluding carboxylic acids is 1. The zero-order chi connectivity index (χ0) is 13.8. The molecule has 6 heteroatoms. The predicted molar refractivity (Wildman–Crippen MR) is 76.9 cm³/mol. The molecule has 1 fully saturated rings. The summed E-state index contributed by atoms with van der Waals surface area (Å²) in [5.74, 6) is 0. The van der Waals surface area contributed by atoms with Gasteiger partial charge in [-0.15, -0.1) is 0 Å². The number of nitrogens with one attached hydrogen (secondary N) is 1. The van der Waals surface area contributed by atoms with Crippen molar-refractivity contribution in [1.82, 2.24) is 4.90 Å². The summed E-state index contributed by atoms with van der Waals surface area (Å²) in [4.78, 5) is 13.9. The van der Waals surface area contributed by atoms with Crippen molar-refractivity contribution in [2.24, 2.45) is 0 Å². The SMILES string of the molecule is O=C(Nc1cc(Cl)ccc1Cl)N1CCCCC1CO. The van der Waals surface area contributed by atoms with Crippen LogP contribution < -0.4 is 5.32 Å². The average Bonchev–Trinajstić information content (AvgIpc) is 2.42. The molecule has 1 unspecified atom stereocenters. The first-order valence-electron chi connectivity index (χ1n) is 6.25. The molecular weight excluding hydrogens is 287 g/mol. The number of hydrogen-bond acceptors (Lipinski definition) is 2. The molecule has 1 aliphatic heterocycles. The van der Waals surface area contributed by atoms with Crippen molar-refractivity contribution in [2.75, 3.05) is 18.5 Å². The largest absolute Gasteiger partial charge is 0.394 e. The molecule has 1 aromatic carbocycles. The van der Waals surface area contributed by atoms with Gasteiger partial charge in [0, 0.05) is 11.6 Å². The van der Waals surface area contributed by atoms with E-state index in [4.69, 9.17) is 23.2 Å². The topological polar surface area (TPSA) is 52.6 Å². The molecule has 0 saturated carbocycles. The lowest BCUT2D eigenvalue weighted by molar-refractivity contribution is 0.115. The van der Waals surface area contributed by atoms with E-state index in [1.54, 1.807) is 23.1 Å². The van der Waals surface area contributed by atoms with Gasteiger partial charge in [0.15, 0.2) is 0 Å². The second-order valence-corrected chi connectivity index (χ2v) is 5.42. The van der Waals surface area contributed by atoms with Crippen LogP contribution in [0.4, 0.5) is 10.5 Å². The van der Waals surface area contributed by atoms with Gasteiger partial charge in [0.2, 0.25) is 0 Å². The van der Waals surface area contributed by atoms with Crippen molar-refractivity contribution < 1.29 is 9.90 Å². The average molecular weight is 303 g/mol. The molecule has 2 N–H and O–H groups in total. The third kappa shape index (κ3) is 3.53. The lowest BCUT2D eigenvalue weighted by Gasteiger charge is -2.34. The van der Waals surface area contributed by atoms with Gasteiger partial charge in [0.05, 0.1) is 23.4 Å². The summed E-state index contributed by atoms with van der Waals surface area (Å²) in [6.45, 7) is 0.631. The fourth-order valence-electron chi connectivity index (χ4n) is 2.24. The minimum absolute atomic E-state index is 0.0172. The Morgan fingerprint density at radius 3 is 2.95 bits per heavy atom. The highest BCUT2D eigenvalue weighted by molar-refractivity contribution is 6.35. The van der Waals surface area contributed by atoms with Gasteiger partial charge in [-0.25, -0.2) is 4.79 Å². The number of urea groups is 1. The van der Waals surface area contributed by atoms with Crippen molar-refractivity contribution in [3.63, 3.8) is 0 Å². The molecule has 1 saturated heterocycles. The normalized spacial score (nSPS) is 19.3. The molecular formula is C13H16Cl2N2O2. The summed E-state index contributed by atoms with van der Waals surface area (Å²) in [7, 11) is 0. The Hall–Kier alpha value is -0.970. The maximum absolute atomic E-state index is 12.2. The number of aliphatic hydroxyl groups is 1. The van der Waals surface area contributed by atoms with E-state index in [9.17, 15) is 9.90 Å².